The second kappa shape index (κ2) is 5.09. The molecule has 3 saturated carbocycles. The van der Waals surface area contributed by atoms with Crippen LogP contribution in [-0.4, -0.2) is 23.4 Å². The molecule has 0 spiro atoms. The van der Waals surface area contributed by atoms with Crippen LogP contribution in [0, 0.1) is 28.6 Å². The topological polar surface area (TPSA) is 61.7 Å². The maximum absolute atomic E-state index is 11.9. The van der Waals surface area contributed by atoms with Gasteiger partial charge in [-0.3, -0.25) is 4.79 Å². The van der Waals surface area contributed by atoms with Crippen molar-refractivity contribution >= 4 is 11.6 Å². The van der Waals surface area contributed by atoms with Gasteiger partial charge in [0, 0.05) is 18.0 Å². The number of oxime groups is 1. The lowest BCUT2D eigenvalue weighted by atomic mass is 9.48. The quantitative estimate of drug-likeness (QED) is 0.531. The Kier molecular flexibility index (Phi) is 3.37. The zero-order valence-corrected chi connectivity index (χ0v) is 14.3. The molecule has 5 atom stereocenters. The first-order valence-corrected chi connectivity index (χ1v) is 9.19. The summed E-state index contributed by atoms with van der Waals surface area (Å²) in [6, 6.07) is 0. The highest BCUT2D eigenvalue weighted by Crippen LogP contribution is 2.63. The van der Waals surface area contributed by atoms with E-state index in [9.17, 15) is 10.0 Å². The first-order valence-electron chi connectivity index (χ1n) is 9.19. The molecule has 4 nitrogen and oxygen atoms in total. The van der Waals surface area contributed by atoms with E-state index in [0.717, 1.165) is 37.9 Å². The van der Waals surface area contributed by atoms with Crippen LogP contribution in [-0.2, 0) is 4.79 Å². The van der Waals surface area contributed by atoms with E-state index in [1.165, 1.54) is 24.8 Å². The minimum atomic E-state index is 0.0957. The van der Waals surface area contributed by atoms with Gasteiger partial charge in [-0.25, -0.2) is 0 Å². The van der Waals surface area contributed by atoms with Gasteiger partial charge in [0.15, 0.2) is 0 Å². The largest absolute Gasteiger partial charge is 0.411 e. The van der Waals surface area contributed by atoms with Crippen LogP contribution in [0.15, 0.2) is 16.8 Å². The maximum atomic E-state index is 11.9. The summed E-state index contributed by atoms with van der Waals surface area (Å²) in [5, 5.41) is 16.1. The van der Waals surface area contributed by atoms with Crippen LogP contribution in [0.25, 0.3) is 0 Å². The van der Waals surface area contributed by atoms with Crippen molar-refractivity contribution in [3.63, 3.8) is 0 Å². The minimum absolute atomic E-state index is 0.0957. The molecular formula is C19H28N2O2. The lowest BCUT2D eigenvalue weighted by Gasteiger charge is -2.56. The van der Waals surface area contributed by atoms with Crippen LogP contribution in [0.1, 0.15) is 58.8 Å². The van der Waals surface area contributed by atoms with E-state index >= 15 is 0 Å². The zero-order chi connectivity index (χ0) is 16.2. The molecule has 0 bridgehead atoms. The smallest absolute Gasteiger partial charge is 0.243 e. The first-order chi connectivity index (χ1) is 11.0. The summed E-state index contributed by atoms with van der Waals surface area (Å²) in [7, 11) is 0. The summed E-state index contributed by atoms with van der Waals surface area (Å²) in [5.74, 6) is 2.13. The lowest BCUT2D eigenvalue weighted by molar-refractivity contribution is -0.116. The third kappa shape index (κ3) is 2.03. The van der Waals surface area contributed by atoms with Crippen LogP contribution >= 0.6 is 0 Å². The van der Waals surface area contributed by atoms with Gasteiger partial charge < -0.3 is 10.5 Å². The molecule has 4 aliphatic rings. The summed E-state index contributed by atoms with van der Waals surface area (Å²) < 4.78 is 0. The highest BCUT2D eigenvalue weighted by molar-refractivity contribution is 5.92. The first kappa shape index (κ1) is 15.2. The molecule has 1 amide bonds. The summed E-state index contributed by atoms with van der Waals surface area (Å²) in [5.41, 5.74) is 2.69. The molecule has 0 aromatic rings. The van der Waals surface area contributed by atoms with Gasteiger partial charge in [-0.2, -0.15) is 0 Å². The number of allylic oxidation sites excluding steroid dienone is 1. The summed E-state index contributed by atoms with van der Waals surface area (Å²) in [4.78, 5) is 11.9. The van der Waals surface area contributed by atoms with E-state index in [1.807, 2.05) is 6.08 Å². The molecule has 4 heteroatoms. The van der Waals surface area contributed by atoms with Gasteiger partial charge >= 0.3 is 0 Å². The van der Waals surface area contributed by atoms with Crippen LogP contribution < -0.4 is 5.32 Å². The minimum Gasteiger partial charge on any atom is -0.411 e. The van der Waals surface area contributed by atoms with Gasteiger partial charge in [-0.15, -0.1) is 0 Å². The van der Waals surface area contributed by atoms with E-state index in [-0.39, 0.29) is 16.7 Å². The predicted octanol–water partition coefficient (Wildman–Crippen LogP) is 3.51. The van der Waals surface area contributed by atoms with Crippen molar-refractivity contribution in [1.82, 2.24) is 5.32 Å². The second-order valence-corrected chi connectivity index (χ2v) is 8.59. The molecule has 23 heavy (non-hydrogen) atoms. The Morgan fingerprint density at radius 3 is 2.70 bits per heavy atom. The van der Waals surface area contributed by atoms with Gasteiger partial charge in [0.2, 0.25) is 5.91 Å². The Morgan fingerprint density at radius 1 is 1.13 bits per heavy atom. The van der Waals surface area contributed by atoms with Crippen LogP contribution in [0.2, 0.25) is 0 Å². The Labute approximate surface area is 138 Å². The number of nitrogens with one attached hydrogen (secondary N) is 1. The Hall–Kier alpha value is -1.32. The van der Waals surface area contributed by atoms with Crippen LogP contribution in [0.4, 0.5) is 0 Å². The second-order valence-electron chi connectivity index (χ2n) is 8.59. The molecule has 3 fully saturated rings. The van der Waals surface area contributed by atoms with Crippen molar-refractivity contribution in [2.45, 2.75) is 58.8 Å². The van der Waals surface area contributed by atoms with E-state index in [1.54, 1.807) is 0 Å². The van der Waals surface area contributed by atoms with Crippen LogP contribution in [0.5, 0.6) is 0 Å². The maximum Gasteiger partial charge on any atom is 0.243 e. The summed E-state index contributed by atoms with van der Waals surface area (Å²) >= 11 is 0. The van der Waals surface area contributed by atoms with Gasteiger partial charge in [0.05, 0.1) is 5.71 Å². The van der Waals surface area contributed by atoms with Crippen molar-refractivity contribution in [3.8, 4) is 0 Å². The number of carbonyl (C=O) groups excluding carboxylic acids is 1. The summed E-state index contributed by atoms with van der Waals surface area (Å²) in [6.07, 6.45) is 9.66. The highest BCUT2D eigenvalue weighted by atomic mass is 16.4. The lowest BCUT2D eigenvalue weighted by Crippen LogP contribution is -2.50. The molecular weight excluding hydrogens is 288 g/mol. The van der Waals surface area contributed by atoms with Gasteiger partial charge in [0.1, 0.15) is 0 Å². The highest BCUT2D eigenvalue weighted by Gasteiger charge is 2.58. The Bertz CT molecular complexity index is 596. The third-order valence-electron chi connectivity index (χ3n) is 7.85. The number of hydrogen-bond donors (Lipinski definition) is 2. The molecule has 1 heterocycles. The number of hydrogen-bond acceptors (Lipinski definition) is 3. The molecule has 5 unspecified atom stereocenters. The fourth-order valence-electron chi connectivity index (χ4n) is 6.52. The molecule has 126 valence electrons. The third-order valence-corrected chi connectivity index (χ3v) is 7.85. The fraction of sp³-hybridized carbons (Fsp3) is 0.789. The van der Waals surface area contributed by atoms with Crippen molar-refractivity contribution in [1.29, 1.82) is 0 Å². The van der Waals surface area contributed by atoms with Gasteiger partial charge in [-0.1, -0.05) is 24.6 Å². The average Bonchev–Trinajstić information content (AvgIpc) is 2.78. The number of nitrogens with zero attached hydrogens (tertiary/aromatic N) is 1. The molecule has 0 aromatic carbocycles. The van der Waals surface area contributed by atoms with Crippen molar-refractivity contribution < 1.29 is 10.0 Å². The van der Waals surface area contributed by atoms with Crippen molar-refractivity contribution in [3.05, 3.63) is 11.6 Å². The normalized spacial score (nSPS) is 47.9. The monoisotopic (exact) mass is 316 g/mol. The average molecular weight is 316 g/mol. The Balaban J connectivity index is 1.70. The molecule has 0 saturated heterocycles. The van der Waals surface area contributed by atoms with Gasteiger partial charge in [0.25, 0.3) is 0 Å². The number of amides is 1. The molecule has 3 aliphatic carbocycles. The van der Waals surface area contributed by atoms with Gasteiger partial charge in [-0.05, 0) is 68.1 Å². The number of fused-ring (bicyclic) bond motifs is 5. The number of carbonyl (C=O) groups is 1. The molecule has 0 radical (unpaired) electrons. The predicted molar refractivity (Wildman–Crippen MR) is 89.3 cm³/mol. The number of rotatable bonds is 0. The van der Waals surface area contributed by atoms with Crippen LogP contribution in [0.3, 0.4) is 0 Å². The van der Waals surface area contributed by atoms with E-state index in [4.69, 9.17) is 0 Å². The molecule has 2 N–H and O–H groups in total. The standard InChI is InChI=1S/C19H28N2O2/c1-18-9-10-20-17(22)11-12(18)3-4-13-14-5-6-16(21-23)19(14,2)8-7-15(13)18/h11,13-15,23H,3-10H2,1-2H3,(H,20,22)/b21-16-. The SMILES string of the molecule is CC12CCNC(=O)C=C1CCC1C2CCC2(C)/C(=N\O)CCC12. The van der Waals surface area contributed by atoms with E-state index in [0.29, 0.717) is 17.8 Å². The van der Waals surface area contributed by atoms with Crippen molar-refractivity contribution in [2.24, 2.45) is 33.7 Å². The molecule has 4 rings (SSSR count). The Morgan fingerprint density at radius 2 is 1.91 bits per heavy atom. The van der Waals surface area contributed by atoms with Crippen molar-refractivity contribution in [2.75, 3.05) is 6.54 Å². The zero-order valence-electron chi connectivity index (χ0n) is 14.3. The fourth-order valence-corrected chi connectivity index (χ4v) is 6.52. The molecule has 0 aromatic heterocycles. The van der Waals surface area contributed by atoms with E-state index in [2.05, 4.69) is 24.3 Å². The van der Waals surface area contributed by atoms with E-state index < -0.39 is 0 Å². The summed E-state index contributed by atoms with van der Waals surface area (Å²) in [6.45, 7) is 5.51. The molecule has 1 aliphatic heterocycles.